The minimum atomic E-state index is 0.862. The van der Waals surface area contributed by atoms with Crippen molar-refractivity contribution < 1.29 is 4.74 Å². The Morgan fingerprint density at radius 2 is 1.67 bits per heavy atom. The third-order valence-corrected chi connectivity index (χ3v) is 6.72. The lowest BCUT2D eigenvalue weighted by atomic mass is 10.0. The molecule has 1 aliphatic heterocycles. The van der Waals surface area contributed by atoms with Gasteiger partial charge in [0.05, 0.1) is 18.5 Å². The van der Waals surface area contributed by atoms with E-state index in [1.807, 2.05) is 12.1 Å². The summed E-state index contributed by atoms with van der Waals surface area (Å²) in [4.78, 5) is 10.1. The maximum atomic E-state index is 5.38. The molecule has 0 N–H and O–H groups in total. The van der Waals surface area contributed by atoms with Crippen molar-refractivity contribution in [3.8, 4) is 28.1 Å². The Balaban J connectivity index is 1.61. The predicted molar refractivity (Wildman–Crippen MR) is 135 cm³/mol. The largest absolute Gasteiger partial charge is 0.497 e. The predicted octanol–water partition coefficient (Wildman–Crippen LogP) is 5.12. The van der Waals surface area contributed by atoms with Crippen molar-refractivity contribution in [1.82, 2.24) is 19.2 Å². The molecule has 0 radical (unpaired) electrons. The van der Waals surface area contributed by atoms with Crippen molar-refractivity contribution in [1.29, 1.82) is 0 Å². The van der Waals surface area contributed by atoms with Crippen molar-refractivity contribution in [2.24, 2.45) is 0 Å². The van der Waals surface area contributed by atoms with E-state index >= 15 is 0 Å². The van der Waals surface area contributed by atoms with Crippen LogP contribution in [0.2, 0.25) is 0 Å². The molecule has 4 aromatic rings. The van der Waals surface area contributed by atoms with Crippen molar-refractivity contribution >= 4 is 5.65 Å². The van der Waals surface area contributed by atoms with Gasteiger partial charge in [0.15, 0.2) is 0 Å². The molecule has 2 aromatic heterocycles. The lowest BCUT2D eigenvalue weighted by Gasteiger charge is -2.21. The number of ether oxygens (including phenoxy) is 1. The lowest BCUT2D eigenvalue weighted by Crippen LogP contribution is -2.29. The Kier molecular flexibility index (Phi) is 6.16. The summed E-state index contributed by atoms with van der Waals surface area (Å²) in [6.07, 6.45) is 3.45. The van der Waals surface area contributed by atoms with Gasteiger partial charge in [-0.25, -0.2) is 4.98 Å². The smallest absolute Gasteiger partial charge is 0.137 e. The molecule has 0 bridgehead atoms. The molecule has 0 saturated carbocycles. The first-order valence-electron chi connectivity index (χ1n) is 11.7. The molecule has 2 aromatic carbocycles. The van der Waals surface area contributed by atoms with Gasteiger partial charge < -0.3 is 14.0 Å². The van der Waals surface area contributed by atoms with E-state index in [-0.39, 0.29) is 0 Å². The van der Waals surface area contributed by atoms with Crippen molar-refractivity contribution in [2.75, 3.05) is 40.3 Å². The second-order valence-corrected chi connectivity index (χ2v) is 9.03. The fourth-order valence-corrected chi connectivity index (χ4v) is 4.75. The highest BCUT2D eigenvalue weighted by Crippen LogP contribution is 2.30. The van der Waals surface area contributed by atoms with E-state index in [2.05, 4.69) is 82.9 Å². The molecule has 1 aliphatic rings. The molecule has 5 nitrogen and oxygen atoms in total. The molecular weight excluding hydrogens is 408 g/mol. The molecule has 0 atom stereocenters. The van der Waals surface area contributed by atoms with Crippen LogP contribution in [0.25, 0.3) is 28.0 Å². The summed E-state index contributed by atoms with van der Waals surface area (Å²) in [5.41, 5.74) is 8.17. The number of pyridine rings is 1. The Bertz CT molecular complexity index is 1240. The SMILES string of the molecule is COc1ccc(-c2nc3ccc(-c4ccccc4C)cn3c2CN2CCCN(C)CC2)cc1. The van der Waals surface area contributed by atoms with E-state index < -0.39 is 0 Å². The quantitative estimate of drug-likeness (QED) is 0.431. The standard InChI is InChI=1S/C28H32N4O/c1-21-7-4-5-8-25(21)23-11-14-27-29-28(22-9-12-24(33-3)13-10-22)26(32(27)19-23)20-31-16-6-15-30(2)17-18-31/h4-5,7-14,19H,6,15-18,20H2,1-3H3. The zero-order valence-electron chi connectivity index (χ0n) is 19.8. The molecule has 33 heavy (non-hydrogen) atoms. The zero-order chi connectivity index (χ0) is 22.8. The average Bonchev–Trinajstić information content (AvgIpc) is 3.06. The Hall–Kier alpha value is -3.15. The molecule has 5 rings (SSSR count). The number of aromatic nitrogens is 2. The van der Waals surface area contributed by atoms with Gasteiger partial charge in [0.25, 0.3) is 0 Å². The lowest BCUT2D eigenvalue weighted by molar-refractivity contribution is 0.266. The third kappa shape index (κ3) is 4.52. The van der Waals surface area contributed by atoms with Crippen molar-refractivity contribution in [2.45, 2.75) is 19.9 Å². The molecule has 1 saturated heterocycles. The number of hydrogen-bond donors (Lipinski definition) is 0. The van der Waals surface area contributed by atoms with Crippen LogP contribution >= 0.6 is 0 Å². The van der Waals surface area contributed by atoms with Crippen LogP contribution in [0.15, 0.2) is 66.9 Å². The second-order valence-electron chi connectivity index (χ2n) is 9.03. The number of methoxy groups -OCH3 is 1. The van der Waals surface area contributed by atoms with Gasteiger partial charge in [-0.15, -0.1) is 0 Å². The van der Waals surface area contributed by atoms with Crippen LogP contribution in [0.1, 0.15) is 17.7 Å². The summed E-state index contributed by atoms with van der Waals surface area (Å²) in [7, 11) is 3.92. The van der Waals surface area contributed by atoms with E-state index in [4.69, 9.17) is 9.72 Å². The number of likely N-dealkylation sites (N-methyl/N-ethyl adjacent to an activating group) is 1. The number of nitrogens with zero attached hydrogens (tertiary/aromatic N) is 4. The number of imidazole rings is 1. The highest BCUT2D eigenvalue weighted by Gasteiger charge is 2.20. The molecule has 0 amide bonds. The van der Waals surface area contributed by atoms with E-state index in [1.54, 1.807) is 7.11 Å². The van der Waals surface area contributed by atoms with Crippen LogP contribution in [0, 0.1) is 6.92 Å². The van der Waals surface area contributed by atoms with Crippen molar-refractivity contribution in [3.05, 3.63) is 78.1 Å². The maximum Gasteiger partial charge on any atom is 0.137 e. The van der Waals surface area contributed by atoms with Crippen LogP contribution in [-0.4, -0.2) is 59.5 Å². The van der Waals surface area contributed by atoms with Crippen LogP contribution in [0.4, 0.5) is 0 Å². The molecular formula is C28H32N4O. The first-order chi connectivity index (χ1) is 16.1. The molecule has 170 valence electrons. The van der Waals surface area contributed by atoms with Crippen LogP contribution in [0.5, 0.6) is 5.75 Å². The highest BCUT2D eigenvalue weighted by atomic mass is 16.5. The van der Waals surface area contributed by atoms with Crippen LogP contribution in [-0.2, 0) is 6.54 Å². The van der Waals surface area contributed by atoms with Crippen LogP contribution < -0.4 is 4.74 Å². The monoisotopic (exact) mass is 440 g/mol. The Labute approximate surface area is 196 Å². The van der Waals surface area contributed by atoms with Crippen molar-refractivity contribution in [3.63, 3.8) is 0 Å². The number of benzene rings is 2. The number of aryl methyl sites for hydroxylation is 1. The molecule has 0 aliphatic carbocycles. The van der Waals surface area contributed by atoms with Gasteiger partial charge in [0, 0.05) is 31.4 Å². The highest BCUT2D eigenvalue weighted by molar-refractivity contribution is 5.71. The maximum absolute atomic E-state index is 5.38. The average molecular weight is 441 g/mol. The van der Waals surface area contributed by atoms with Gasteiger partial charge in [0.1, 0.15) is 11.4 Å². The van der Waals surface area contributed by atoms with E-state index in [9.17, 15) is 0 Å². The number of hydrogen-bond acceptors (Lipinski definition) is 4. The van der Waals surface area contributed by atoms with Crippen LogP contribution in [0.3, 0.4) is 0 Å². The molecule has 3 heterocycles. The first kappa shape index (κ1) is 21.7. The summed E-state index contributed by atoms with van der Waals surface area (Å²) in [5.74, 6) is 0.862. The number of rotatable bonds is 5. The topological polar surface area (TPSA) is 33.0 Å². The third-order valence-electron chi connectivity index (χ3n) is 6.72. The molecule has 5 heteroatoms. The summed E-state index contributed by atoms with van der Waals surface area (Å²) in [5, 5.41) is 0. The van der Waals surface area contributed by atoms with Gasteiger partial charge in [-0.05, 0) is 86.6 Å². The Morgan fingerprint density at radius 3 is 2.45 bits per heavy atom. The minimum Gasteiger partial charge on any atom is -0.497 e. The fourth-order valence-electron chi connectivity index (χ4n) is 4.75. The normalized spacial score (nSPS) is 15.6. The van der Waals surface area contributed by atoms with E-state index in [0.717, 1.165) is 55.4 Å². The zero-order valence-corrected chi connectivity index (χ0v) is 19.8. The minimum absolute atomic E-state index is 0.862. The number of fused-ring (bicyclic) bond motifs is 1. The van der Waals surface area contributed by atoms with Gasteiger partial charge in [0.2, 0.25) is 0 Å². The Morgan fingerprint density at radius 1 is 0.879 bits per heavy atom. The van der Waals surface area contributed by atoms with Gasteiger partial charge in [-0.1, -0.05) is 24.3 Å². The fraction of sp³-hybridized carbons (Fsp3) is 0.321. The summed E-state index contributed by atoms with van der Waals surface area (Å²) in [6.45, 7) is 7.49. The van der Waals surface area contributed by atoms with Gasteiger partial charge >= 0.3 is 0 Å². The first-order valence-corrected chi connectivity index (χ1v) is 11.7. The van der Waals surface area contributed by atoms with Gasteiger partial charge in [-0.3, -0.25) is 4.90 Å². The second kappa shape index (κ2) is 9.38. The molecule has 0 unspecified atom stereocenters. The summed E-state index contributed by atoms with van der Waals surface area (Å²) < 4.78 is 7.68. The molecule has 1 fully saturated rings. The summed E-state index contributed by atoms with van der Waals surface area (Å²) in [6, 6.07) is 21.2. The van der Waals surface area contributed by atoms with E-state index in [0.29, 0.717) is 0 Å². The van der Waals surface area contributed by atoms with E-state index in [1.165, 1.54) is 28.8 Å². The van der Waals surface area contributed by atoms with Gasteiger partial charge in [-0.2, -0.15) is 0 Å². The molecule has 0 spiro atoms. The summed E-state index contributed by atoms with van der Waals surface area (Å²) >= 11 is 0.